The van der Waals surface area contributed by atoms with Crippen molar-refractivity contribution in [3.63, 3.8) is 0 Å². The van der Waals surface area contributed by atoms with Crippen molar-refractivity contribution in [2.75, 3.05) is 33.2 Å². The highest BCUT2D eigenvalue weighted by Crippen LogP contribution is 2.35. The van der Waals surface area contributed by atoms with Gasteiger partial charge in [-0.3, -0.25) is 4.79 Å². The Morgan fingerprint density at radius 1 is 1.07 bits per heavy atom. The molecule has 6 heteroatoms. The summed E-state index contributed by atoms with van der Waals surface area (Å²) in [6, 6.07) is 13.8. The lowest BCUT2D eigenvalue weighted by Crippen LogP contribution is -2.24. The normalized spacial score (nSPS) is 16.1. The van der Waals surface area contributed by atoms with Crippen molar-refractivity contribution >= 4 is 17.3 Å². The van der Waals surface area contributed by atoms with E-state index in [4.69, 9.17) is 9.47 Å². The molecule has 0 aromatic heterocycles. The lowest BCUT2D eigenvalue weighted by atomic mass is 9.98. The number of hydrazone groups is 1. The van der Waals surface area contributed by atoms with E-state index in [9.17, 15) is 4.79 Å². The smallest absolute Gasteiger partial charge is 0.240 e. The van der Waals surface area contributed by atoms with Crippen LogP contribution in [0.25, 0.3) is 0 Å². The predicted octanol–water partition coefficient (Wildman–Crippen LogP) is 3.47. The van der Waals surface area contributed by atoms with Crippen LogP contribution in [-0.4, -0.2) is 44.9 Å². The largest absolute Gasteiger partial charge is 0.493 e. The molecular weight excluding hydrogens is 342 g/mol. The van der Waals surface area contributed by atoms with Crippen molar-refractivity contribution in [2.45, 2.75) is 19.4 Å². The van der Waals surface area contributed by atoms with E-state index in [2.05, 4.69) is 29.4 Å². The Kier molecular flexibility index (Phi) is 5.35. The van der Waals surface area contributed by atoms with E-state index in [1.807, 2.05) is 37.2 Å². The van der Waals surface area contributed by atoms with Crippen molar-refractivity contribution in [1.82, 2.24) is 5.01 Å². The van der Waals surface area contributed by atoms with Gasteiger partial charge >= 0.3 is 0 Å². The molecule has 142 valence electrons. The summed E-state index contributed by atoms with van der Waals surface area (Å²) in [6.07, 6.45) is 0.649. The molecule has 1 unspecified atom stereocenters. The summed E-state index contributed by atoms with van der Waals surface area (Å²) in [5.74, 6) is 1.23. The summed E-state index contributed by atoms with van der Waals surface area (Å²) in [5, 5.41) is 6.16. The van der Waals surface area contributed by atoms with Crippen LogP contribution in [0.1, 0.15) is 30.5 Å². The highest BCUT2D eigenvalue weighted by Gasteiger charge is 2.31. The summed E-state index contributed by atoms with van der Waals surface area (Å²) in [7, 11) is 7.22. The second-order valence-electron chi connectivity index (χ2n) is 6.69. The third kappa shape index (κ3) is 3.74. The fraction of sp³-hybridized carbons (Fsp3) is 0.333. The zero-order valence-electron chi connectivity index (χ0n) is 16.4. The van der Waals surface area contributed by atoms with Gasteiger partial charge in [0.25, 0.3) is 0 Å². The minimum atomic E-state index is -0.109. The molecule has 1 amide bonds. The van der Waals surface area contributed by atoms with Crippen molar-refractivity contribution in [1.29, 1.82) is 0 Å². The van der Waals surface area contributed by atoms with E-state index >= 15 is 0 Å². The number of carbonyl (C=O) groups is 1. The van der Waals surface area contributed by atoms with Crippen LogP contribution in [0, 0.1) is 0 Å². The molecule has 0 radical (unpaired) electrons. The van der Waals surface area contributed by atoms with Crippen LogP contribution < -0.4 is 14.4 Å². The van der Waals surface area contributed by atoms with Gasteiger partial charge in [-0.2, -0.15) is 5.10 Å². The van der Waals surface area contributed by atoms with E-state index in [0.717, 1.165) is 22.5 Å². The minimum Gasteiger partial charge on any atom is -0.493 e. The maximum atomic E-state index is 12.2. The summed E-state index contributed by atoms with van der Waals surface area (Å²) >= 11 is 0. The van der Waals surface area contributed by atoms with Gasteiger partial charge < -0.3 is 14.4 Å². The van der Waals surface area contributed by atoms with Gasteiger partial charge in [-0.15, -0.1) is 0 Å². The third-order valence-corrected chi connectivity index (χ3v) is 4.74. The molecule has 1 atom stereocenters. The predicted molar refractivity (Wildman–Crippen MR) is 107 cm³/mol. The topological polar surface area (TPSA) is 54.4 Å². The molecular formula is C21H25N3O3. The Hall–Kier alpha value is -3.02. The van der Waals surface area contributed by atoms with Gasteiger partial charge in [-0.25, -0.2) is 5.01 Å². The van der Waals surface area contributed by atoms with Crippen LogP contribution in [0.3, 0.4) is 0 Å². The number of anilines is 1. The van der Waals surface area contributed by atoms with Gasteiger partial charge in [0.1, 0.15) is 0 Å². The summed E-state index contributed by atoms with van der Waals surface area (Å²) in [4.78, 5) is 14.2. The van der Waals surface area contributed by atoms with Crippen LogP contribution in [0.2, 0.25) is 0 Å². The third-order valence-electron chi connectivity index (χ3n) is 4.74. The average molecular weight is 367 g/mol. The Bertz CT molecular complexity index is 859. The van der Waals surface area contributed by atoms with Gasteiger partial charge in [-0.1, -0.05) is 12.1 Å². The first kappa shape index (κ1) is 18.8. The van der Waals surface area contributed by atoms with Crippen LogP contribution in [-0.2, 0) is 4.79 Å². The van der Waals surface area contributed by atoms with Crippen molar-refractivity contribution in [2.24, 2.45) is 5.10 Å². The molecule has 0 fully saturated rings. The van der Waals surface area contributed by atoms with Gasteiger partial charge in [-0.05, 0) is 35.9 Å². The summed E-state index contributed by atoms with van der Waals surface area (Å²) < 4.78 is 10.7. The SMILES string of the molecule is COc1ccc(C2=NN(C(C)=O)C(c3ccc(N(C)C)cc3)C2)cc1OC. The van der Waals surface area contributed by atoms with Crippen molar-refractivity contribution < 1.29 is 14.3 Å². The Morgan fingerprint density at radius 2 is 1.74 bits per heavy atom. The fourth-order valence-electron chi connectivity index (χ4n) is 3.25. The first-order valence-electron chi connectivity index (χ1n) is 8.81. The van der Waals surface area contributed by atoms with Crippen molar-refractivity contribution in [3.8, 4) is 11.5 Å². The Balaban J connectivity index is 1.91. The molecule has 27 heavy (non-hydrogen) atoms. The molecule has 1 aliphatic rings. The van der Waals surface area contributed by atoms with Crippen LogP contribution in [0.5, 0.6) is 11.5 Å². The molecule has 1 heterocycles. The number of nitrogens with zero attached hydrogens (tertiary/aromatic N) is 3. The minimum absolute atomic E-state index is 0.0767. The molecule has 0 saturated heterocycles. The highest BCUT2D eigenvalue weighted by atomic mass is 16.5. The molecule has 0 N–H and O–H groups in total. The number of hydrogen-bond donors (Lipinski definition) is 0. The van der Waals surface area contributed by atoms with Gasteiger partial charge in [0.05, 0.1) is 26.0 Å². The molecule has 0 spiro atoms. The maximum Gasteiger partial charge on any atom is 0.240 e. The molecule has 0 saturated carbocycles. The molecule has 1 aliphatic heterocycles. The van der Waals surface area contributed by atoms with Crippen LogP contribution in [0.15, 0.2) is 47.6 Å². The van der Waals surface area contributed by atoms with E-state index in [0.29, 0.717) is 17.9 Å². The zero-order valence-corrected chi connectivity index (χ0v) is 16.4. The highest BCUT2D eigenvalue weighted by molar-refractivity contribution is 6.03. The average Bonchev–Trinajstić information content (AvgIpc) is 3.13. The number of benzene rings is 2. The number of ether oxygens (including phenoxy) is 2. The lowest BCUT2D eigenvalue weighted by Gasteiger charge is -2.21. The molecule has 2 aromatic rings. The standard InChI is InChI=1S/C21H25N3O3/c1-14(25)24-19(15-6-9-17(10-7-15)23(2)3)13-18(22-24)16-8-11-20(26-4)21(12-16)27-5/h6-12,19H,13H2,1-5H3. The number of hydrogen-bond acceptors (Lipinski definition) is 5. The second-order valence-corrected chi connectivity index (χ2v) is 6.69. The first-order chi connectivity index (χ1) is 12.9. The quantitative estimate of drug-likeness (QED) is 0.812. The van der Waals surface area contributed by atoms with E-state index in [1.165, 1.54) is 0 Å². The molecule has 0 bridgehead atoms. The Labute approximate surface area is 160 Å². The number of rotatable bonds is 5. The number of amides is 1. The molecule has 3 rings (SSSR count). The molecule has 2 aromatic carbocycles. The van der Waals surface area contributed by atoms with Crippen molar-refractivity contribution in [3.05, 3.63) is 53.6 Å². The zero-order chi connectivity index (χ0) is 19.6. The monoisotopic (exact) mass is 367 g/mol. The molecule has 0 aliphatic carbocycles. The van der Waals surface area contributed by atoms with Gasteiger partial charge in [0.2, 0.25) is 5.91 Å². The second kappa shape index (κ2) is 7.70. The van der Waals surface area contributed by atoms with E-state index < -0.39 is 0 Å². The van der Waals surface area contributed by atoms with Gasteiger partial charge in [0.15, 0.2) is 11.5 Å². The van der Waals surface area contributed by atoms with Crippen LogP contribution >= 0.6 is 0 Å². The number of carbonyl (C=O) groups excluding carboxylic acids is 1. The fourth-order valence-corrected chi connectivity index (χ4v) is 3.25. The summed E-state index contributed by atoms with van der Waals surface area (Å²) in [6.45, 7) is 1.54. The van der Waals surface area contributed by atoms with E-state index in [1.54, 1.807) is 26.2 Å². The maximum absolute atomic E-state index is 12.2. The first-order valence-corrected chi connectivity index (χ1v) is 8.81. The molecule has 6 nitrogen and oxygen atoms in total. The summed E-state index contributed by atoms with van der Waals surface area (Å²) in [5.41, 5.74) is 3.96. The lowest BCUT2D eigenvalue weighted by molar-refractivity contribution is -0.130. The van der Waals surface area contributed by atoms with Crippen LogP contribution in [0.4, 0.5) is 5.69 Å². The van der Waals surface area contributed by atoms with E-state index in [-0.39, 0.29) is 11.9 Å². The Morgan fingerprint density at radius 3 is 2.30 bits per heavy atom. The van der Waals surface area contributed by atoms with Gasteiger partial charge in [0, 0.05) is 38.7 Å². The number of methoxy groups -OCH3 is 2.